The molecular formula is C13H19BrN2OS. The zero-order valence-corrected chi connectivity index (χ0v) is 13.1. The third-order valence-electron chi connectivity index (χ3n) is 2.65. The van der Waals surface area contributed by atoms with E-state index in [9.17, 15) is 4.79 Å². The van der Waals surface area contributed by atoms with Crippen molar-refractivity contribution in [1.29, 1.82) is 0 Å². The van der Waals surface area contributed by atoms with Gasteiger partial charge >= 0.3 is 0 Å². The molecule has 5 heteroatoms. The second-order valence-corrected chi connectivity index (χ2v) is 6.33. The first kappa shape index (κ1) is 15.5. The quantitative estimate of drug-likeness (QED) is 0.756. The lowest BCUT2D eigenvalue weighted by molar-refractivity contribution is -0.122. The highest BCUT2D eigenvalue weighted by atomic mass is 79.9. The number of nitrogens with one attached hydrogen (secondary N) is 1. The Balaban J connectivity index is 2.62. The normalized spacial score (nSPS) is 14.2. The monoisotopic (exact) mass is 330 g/mol. The molecule has 0 saturated heterocycles. The van der Waals surface area contributed by atoms with Gasteiger partial charge in [-0.15, -0.1) is 11.8 Å². The van der Waals surface area contributed by atoms with Gasteiger partial charge in [0.2, 0.25) is 5.91 Å². The van der Waals surface area contributed by atoms with Crippen molar-refractivity contribution in [3.05, 3.63) is 28.7 Å². The van der Waals surface area contributed by atoms with Gasteiger partial charge in [-0.05, 0) is 44.2 Å². The van der Waals surface area contributed by atoms with Crippen LogP contribution in [0, 0.1) is 0 Å². The van der Waals surface area contributed by atoms with E-state index in [2.05, 4.69) is 28.2 Å². The van der Waals surface area contributed by atoms with Crippen molar-refractivity contribution in [3.63, 3.8) is 0 Å². The highest BCUT2D eigenvalue weighted by molar-refractivity contribution is 9.10. The van der Waals surface area contributed by atoms with Crippen LogP contribution in [-0.4, -0.2) is 23.7 Å². The average Bonchev–Trinajstić information content (AvgIpc) is 2.35. The fraction of sp³-hybridized carbons (Fsp3) is 0.462. The van der Waals surface area contributed by atoms with Gasteiger partial charge in [0, 0.05) is 15.1 Å². The van der Waals surface area contributed by atoms with Crippen LogP contribution in [0.5, 0.6) is 0 Å². The summed E-state index contributed by atoms with van der Waals surface area (Å²) in [6.45, 7) is 4.72. The van der Waals surface area contributed by atoms with Crippen molar-refractivity contribution < 1.29 is 4.79 Å². The lowest BCUT2D eigenvalue weighted by Gasteiger charge is -2.27. The molecule has 1 rings (SSSR count). The fourth-order valence-electron chi connectivity index (χ4n) is 1.37. The van der Waals surface area contributed by atoms with E-state index in [4.69, 9.17) is 5.73 Å². The van der Waals surface area contributed by atoms with Gasteiger partial charge in [0.15, 0.2) is 0 Å². The maximum absolute atomic E-state index is 11.5. The molecule has 0 heterocycles. The molecule has 1 atom stereocenters. The Kier molecular flexibility index (Phi) is 6.18. The maximum atomic E-state index is 11.5. The number of nitrogens with two attached hydrogens (primary N) is 1. The predicted octanol–water partition coefficient (Wildman–Crippen LogP) is 2.78. The number of hydrogen-bond donors (Lipinski definition) is 2. The molecule has 1 aromatic carbocycles. The van der Waals surface area contributed by atoms with E-state index in [0.29, 0.717) is 5.75 Å². The third kappa shape index (κ3) is 4.63. The molecule has 0 radical (unpaired) electrons. The minimum Gasteiger partial charge on any atom is -0.368 e. The van der Waals surface area contributed by atoms with E-state index < -0.39 is 5.54 Å². The highest BCUT2D eigenvalue weighted by Crippen LogP contribution is 2.24. The second kappa shape index (κ2) is 7.16. The number of benzene rings is 1. The number of carbonyl (C=O) groups is 1. The summed E-state index contributed by atoms with van der Waals surface area (Å²) in [4.78, 5) is 12.7. The summed E-state index contributed by atoms with van der Waals surface area (Å²) in [5.41, 5.74) is 4.82. The Morgan fingerprint density at radius 3 is 2.56 bits per heavy atom. The van der Waals surface area contributed by atoms with Crippen LogP contribution in [-0.2, 0) is 4.79 Å². The Hall–Kier alpha value is -0.520. The van der Waals surface area contributed by atoms with Gasteiger partial charge < -0.3 is 11.1 Å². The molecule has 3 N–H and O–H groups in total. The second-order valence-electron chi connectivity index (χ2n) is 4.37. The minimum absolute atomic E-state index is 0.305. The molecule has 18 heavy (non-hydrogen) atoms. The molecule has 0 aliphatic rings. The van der Waals surface area contributed by atoms with Crippen LogP contribution < -0.4 is 11.1 Å². The smallest absolute Gasteiger partial charge is 0.238 e. The van der Waals surface area contributed by atoms with Crippen LogP contribution >= 0.6 is 27.7 Å². The lowest BCUT2D eigenvalue weighted by Crippen LogP contribution is -2.55. The van der Waals surface area contributed by atoms with Crippen LogP contribution in [0.25, 0.3) is 0 Å². The molecule has 0 saturated carbocycles. The van der Waals surface area contributed by atoms with E-state index in [1.54, 1.807) is 11.8 Å². The average molecular weight is 331 g/mol. The van der Waals surface area contributed by atoms with Gasteiger partial charge in [-0.2, -0.15) is 0 Å². The molecule has 0 aliphatic heterocycles. The van der Waals surface area contributed by atoms with Crippen molar-refractivity contribution in [2.45, 2.75) is 30.7 Å². The minimum atomic E-state index is -0.659. The van der Waals surface area contributed by atoms with Gasteiger partial charge in [0.1, 0.15) is 5.54 Å². The summed E-state index contributed by atoms with van der Waals surface area (Å²) in [5, 5.41) is 3.22. The van der Waals surface area contributed by atoms with Gasteiger partial charge in [-0.3, -0.25) is 4.79 Å². The van der Waals surface area contributed by atoms with E-state index >= 15 is 0 Å². The molecule has 0 bridgehead atoms. The Labute approximate surface area is 121 Å². The molecule has 3 nitrogen and oxygen atoms in total. The van der Waals surface area contributed by atoms with Crippen LogP contribution in [0.15, 0.2) is 33.6 Å². The summed E-state index contributed by atoms with van der Waals surface area (Å²) in [6, 6.07) is 8.03. The van der Waals surface area contributed by atoms with Crippen molar-refractivity contribution in [1.82, 2.24) is 5.32 Å². The highest BCUT2D eigenvalue weighted by Gasteiger charge is 2.30. The lowest BCUT2D eigenvalue weighted by atomic mass is 10.1. The standard InChI is InChI=1S/C13H19BrN2OS/c1-3-8-16-13(2,12(15)17)9-18-11-6-4-10(14)5-7-11/h4-7,16H,3,8-9H2,1-2H3,(H2,15,17). The number of carbonyl (C=O) groups excluding carboxylic acids is 1. The van der Waals surface area contributed by atoms with Crippen molar-refractivity contribution in [2.24, 2.45) is 5.73 Å². The van der Waals surface area contributed by atoms with E-state index in [1.165, 1.54) is 0 Å². The Morgan fingerprint density at radius 2 is 2.06 bits per heavy atom. The molecule has 1 unspecified atom stereocenters. The fourth-order valence-corrected chi connectivity index (χ4v) is 2.66. The zero-order valence-electron chi connectivity index (χ0n) is 10.7. The molecular weight excluding hydrogens is 312 g/mol. The van der Waals surface area contributed by atoms with Gasteiger partial charge in [0.05, 0.1) is 0 Å². The molecule has 0 aromatic heterocycles. The molecule has 0 spiro atoms. The number of primary amides is 1. The summed E-state index contributed by atoms with van der Waals surface area (Å²) in [7, 11) is 0. The number of halogens is 1. The summed E-state index contributed by atoms with van der Waals surface area (Å²) in [6.07, 6.45) is 0.978. The number of rotatable bonds is 7. The Morgan fingerprint density at radius 1 is 1.44 bits per heavy atom. The molecule has 0 aliphatic carbocycles. The maximum Gasteiger partial charge on any atom is 0.238 e. The molecule has 1 amide bonds. The van der Waals surface area contributed by atoms with Crippen molar-refractivity contribution in [2.75, 3.05) is 12.3 Å². The predicted molar refractivity (Wildman–Crippen MR) is 80.8 cm³/mol. The van der Waals surface area contributed by atoms with Crippen molar-refractivity contribution in [3.8, 4) is 0 Å². The van der Waals surface area contributed by atoms with Crippen LogP contribution in [0.4, 0.5) is 0 Å². The first-order chi connectivity index (χ1) is 8.48. The van der Waals surface area contributed by atoms with Crippen molar-refractivity contribution >= 4 is 33.6 Å². The summed E-state index contributed by atoms with van der Waals surface area (Å²) >= 11 is 5.03. The number of amides is 1. The molecule has 0 fully saturated rings. The first-order valence-electron chi connectivity index (χ1n) is 5.91. The number of hydrogen-bond acceptors (Lipinski definition) is 3. The first-order valence-corrected chi connectivity index (χ1v) is 7.69. The zero-order chi connectivity index (χ0) is 13.6. The van der Waals surface area contributed by atoms with E-state index in [0.717, 1.165) is 22.3 Å². The topological polar surface area (TPSA) is 55.1 Å². The van der Waals surface area contributed by atoms with E-state index in [-0.39, 0.29) is 5.91 Å². The Bertz CT molecular complexity index is 396. The van der Waals surface area contributed by atoms with Gasteiger partial charge in [-0.1, -0.05) is 22.9 Å². The summed E-state index contributed by atoms with van der Waals surface area (Å²) < 4.78 is 1.05. The van der Waals surface area contributed by atoms with E-state index in [1.807, 2.05) is 31.2 Å². The molecule has 1 aromatic rings. The van der Waals surface area contributed by atoms with Crippen LogP contribution in [0.1, 0.15) is 20.3 Å². The van der Waals surface area contributed by atoms with Gasteiger partial charge in [0.25, 0.3) is 0 Å². The largest absolute Gasteiger partial charge is 0.368 e. The molecule has 100 valence electrons. The van der Waals surface area contributed by atoms with Crippen LogP contribution in [0.2, 0.25) is 0 Å². The third-order valence-corrected chi connectivity index (χ3v) is 4.51. The van der Waals surface area contributed by atoms with Crippen LogP contribution in [0.3, 0.4) is 0 Å². The SMILES string of the molecule is CCCNC(C)(CSc1ccc(Br)cc1)C(N)=O. The number of thioether (sulfide) groups is 1. The summed E-state index contributed by atoms with van der Waals surface area (Å²) in [5.74, 6) is 0.324. The van der Waals surface area contributed by atoms with Gasteiger partial charge in [-0.25, -0.2) is 0 Å².